The van der Waals surface area contributed by atoms with Gasteiger partial charge in [-0.25, -0.2) is 0 Å². The summed E-state index contributed by atoms with van der Waals surface area (Å²) in [7, 11) is 1.69. The lowest BCUT2D eigenvalue weighted by atomic mass is 9.97. The van der Waals surface area contributed by atoms with Crippen LogP contribution in [0.2, 0.25) is 0 Å². The number of aryl methyl sites for hydroxylation is 2. The summed E-state index contributed by atoms with van der Waals surface area (Å²) < 4.78 is 40.0. The van der Waals surface area contributed by atoms with E-state index in [2.05, 4.69) is 5.10 Å². The number of hydrogen-bond donors (Lipinski definition) is 1. The van der Waals surface area contributed by atoms with Crippen molar-refractivity contribution < 1.29 is 18.3 Å². The van der Waals surface area contributed by atoms with Crippen LogP contribution in [-0.4, -0.2) is 34.2 Å². The van der Waals surface area contributed by atoms with Crippen molar-refractivity contribution in [3.05, 3.63) is 11.3 Å². The third-order valence-corrected chi connectivity index (χ3v) is 3.66. The quantitative estimate of drug-likeness (QED) is 0.899. The predicted octanol–water partition coefficient (Wildman–Crippen LogP) is 2.00. The molecule has 1 aromatic heterocycles. The van der Waals surface area contributed by atoms with E-state index >= 15 is 0 Å². The van der Waals surface area contributed by atoms with Gasteiger partial charge in [-0.2, -0.15) is 18.3 Å². The molecule has 1 fully saturated rings. The van der Waals surface area contributed by atoms with E-state index in [1.807, 2.05) is 0 Å². The maximum atomic E-state index is 12.8. The van der Waals surface area contributed by atoms with E-state index in [0.29, 0.717) is 30.0 Å². The fraction of sp³-hybridized carbons (Fsp3) is 0.750. The lowest BCUT2D eigenvalue weighted by Gasteiger charge is -2.35. The molecule has 1 aliphatic rings. The number of aliphatic hydroxyl groups excluding tert-OH is 1. The molecule has 1 N–H and O–H groups in total. The first-order chi connectivity index (χ1) is 8.84. The van der Waals surface area contributed by atoms with Crippen molar-refractivity contribution in [3.8, 4) is 0 Å². The monoisotopic (exact) mass is 277 g/mol. The summed E-state index contributed by atoms with van der Waals surface area (Å²) in [6.45, 7) is 2.05. The van der Waals surface area contributed by atoms with Gasteiger partial charge < -0.3 is 10.0 Å². The molecule has 4 nitrogen and oxygen atoms in total. The van der Waals surface area contributed by atoms with Crippen LogP contribution >= 0.6 is 0 Å². The number of aromatic nitrogens is 2. The highest BCUT2D eigenvalue weighted by Gasteiger charge is 2.42. The van der Waals surface area contributed by atoms with Gasteiger partial charge in [-0.05, 0) is 19.8 Å². The van der Waals surface area contributed by atoms with Crippen LogP contribution in [0.3, 0.4) is 0 Å². The van der Waals surface area contributed by atoms with Crippen molar-refractivity contribution in [3.63, 3.8) is 0 Å². The Kier molecular flexibility index (Phi) is 3.75. The summed E-state index contributed by atoms with van der Waals surface area (Å²) in [4.78, 5) is 1.69. The molecule has 108 valence electrons. The summed E-state index contributed by atoms with van der Waals surface area (Å²) in [5.74, 6) is -0.697. The number of piperidine rings is 1. The minimum Gasteiger partial charge on any atom is -0.391 e. The van der Waals surface area contributed by atoms with Gasteiger partial charge in [-0.1, -0.05) is 0 Å². The molecule has 1 aliphatic heterocycles. The second kappa shape index (κ2) is 5.03. The summed E-state index contributed by atoms with van der Waals surface area (Å²) >= 11 is 0. The molecule has 2 rings (SSSR count). The van der Waals surface area contributed by atoms with Gasteiger partial charge >= 0.3 is 6.18 Å². The number of alkyl halides is 3. The Morgan fingerprint density at radius 2 is 2.11 bits per heavy atom. The van der Waals surface area contributed by atoms with Crippen LogP contribution in [0.15, 0.2) is 0 Å². The summed E-state index contributed by atoms with van der Waals surface area (Å²) in [5, 5.41) is 13.5. The zero-order valence-electron chi connectivity index (χ0n) is 11.0. The molecule has 1 unspecified atom stereocenters. The molecule has 7 heteroatoms. The Hall–Kier alpha value is -1.24. The molecular weight excluding hydrogens is 259 g/mol. The largest absolute Gasteiger partial charge is 0.393 e. The zero-order valence-corrected chi connectivity index (χ0v) is 11.0. The molecule has 0 radical (unpaired) electrons. The van der Waals surface area contributed by atoms with Crippen LogP contribution < -0.4 is 4.90 Å². The van der Waals surface area contributed by atoms with Crippen molar-refractivity contribution in [2.45, 2.75) is 32.5 Å². The minimum absolute atomic E-state index is 0.0600. The van der Waals surface area contributed by atoms with E-state index in [1.54, 1.807) is 23.6 Å². The standard InChI is InChI=1S/C12H18F3N3O/c1-8-10(7-19)11(17(2)16-8)18-5-3-4-9(6-18)12(13,14)15/h9,19H,3-7H2,1-2H3. The van der Waals surface area contributed by atoms with E-state index < -0.39 is 12.1 Å². The van der Waals surface area contributed by atoms with Crippen molar-refractivity contribution >= 4 is 5.82 Å². The molecule has 0 aromatic carbocycles. The van der Waals surface area contributed by atoms with Gasteiger partial charge in [0.05, 0.1) is 18.2 Å². The van der Waals surface area contributed by atoms with E-state index in [4.69, 9.17) is 0 Å². The number of hydrogen-bond acceptors (Lipinski definition) is 3. The molecule has 1 atom stereocenters. The fourth-order valence-electron chi connectivity index (χ4n) is 2.71. The third kappa shape index (κ3) is 2.70. The highest BCUT2D eigenvalue weighted by Crippen LogP contribution is 2.35. The van der Waals surface area contributed by atoms with Crippen LogP contribution in [-0.2, 0) is 13.7 Å². The van der Waals surface area contributed by atoms with Gasteiger partial charge in [0, 0.05) is 25.7 Å². The Labute approximate surface area is 109 Å². The second-order valence-electron chi connectivity index (χ2n) is 5.00. The Morgan fingerprint density at radius 3 is 2.68 bits per heavy atom. The molecule has 1 saturated heterocycles. The lowest BCUT2D eigenvalue weighted by molar-refractivity contribution is -0.176. The topological polar surface area (TPSA) is 41.3 Å². The highest BCUT2D eigenvalue weighted by molar-refractivity contribution is 5.50. The average Bonchev–Trinajstić information content (AvgIpc) is 2.62. The number of aliphatic hydroxyl groups is 1. The Balaban J connectivity index is 2.27. The Bertz CT molecular complexity index is 456. The van der Waals surface area contributed by atoms with E-state index in [0.717, 1.165) is 0 Å². The first-order valence-electron chi connectivity index (χ1n) is 6.29. The van der Waals surface area contributed by atoms with Gasteiger partial charge in [0.2, 0.25) is 0 Å². The average molecular weight is 277 g/mol. The molecule has 0 bridgehead atoms. The summed E-state index contributed by atoms with van der Waals surface area (Å²) in [5.41, 5.74) is 1.28. The van der Waals surface area contributed by atoms with Gasteiger partial charge in [0.15, 0.2) is 0 Å². The molecule has 0 amide bonds. The van der Waals surface area contributed by atoms with Crippen molar-refractivity contribution in [1.29, 1.82) is 0 Å². The number of nitrogens with zero attached hydrogens (tertiary/aromatic N) is 3. The van der Waals surface area contributed by atoms with E-state index in [-0.39, 0.29) is 19.6 Å². The molecule has 0 saturated carbocycles. The summed E-state index contributed by atoms with van der Waals surface area (Å²) in [6.07, 6.45) is -3.49. The van der Waals surface area contributed by atoms with Gasteiger partial charge in [-0.3, -0.25) is 4.68 Å². The summed E-state index contributed by atoms with van der Waals surface area (Å²) in [6, 6.07) is 0. The fourth-order valence-corrected chi connectivity index (χ4v) is 2.71. The van der Waals surface area contributed by atoms with Crippen LogP contribution in [0.4, 0.5) is 19.0 Å². The number of anilines is 1. The first-order valence-corrected chi connectivity index (χ1v) is 6.29. The van der Waals surface area contributed by atoms with Gasteiger partial charge in [-0.15, -0.1) is 0 Å². The molecule has 2 heterocycles. The number of rotatable bonds is 2. The van der Waals surface area contributed by atoms with Gasteiger partial charge in [0.25, 0.3) is 0 Å². The highest BCUT2D eigenvalue weighted by atomic mass is 19.4. The van der Waals surface area contributed by atoms with Crippen LogP contribution in [0.1, 0.15) is 24.1 Å². The van der Waals surface area contributed by atoms with Crippen molar-refractivity contribution in [1.82, 2.24) is 9.78 Å². The smallest absolute Gasteiger partial charge is 0.391 e. The molecular formula is C12H18F3N3O. The van der Waals surface area contributed by atoms with Gasteiger partial charge in [0.1, 0.15) is 5.82 Å². The maximum absolute atomic E-state index is 12.8. The second-order valence-corrected chi connectivity index (χ2v) is 5.00. The predicted molar refractivity (Wildman–Crippen MR) is 64.9 cm³/mol. The molecule has 0 aliphatic carbocycles. The third-order valence-electron chi connectivity index (χ3n) is 3.66. The van der Waals surface area contributed by atoms with Crippen LogP contribution in [0.5, 0.6) is 0 Å². The molecule has 0 spiro atoms. The molecule has 1 aromatic rings. The molecule has 19 heavy (non-hydrogen) atoms. The van der Waals surface area contributed by atoms with Crippen molar-refractivity contribution in [2.24, 2.45) is 13.0 Å². The zero-order chi connectivity index (χ0) is 14.2. The van der Waals surface area contributed by atoms with Crippen LogP contribution in [0.25, 0.3) is 0 Å². The minimum atomic E-state index is -4.16. The first kappa shape index (κ1) is 14.2. The van der Waals surface area contributed by atoms with E-state index in [9.17, 15) is 18.3 Å². The normalized spacial score (nSPS) is 20.9. The SMILES string of the molecule is Cc1nn(C)c(N2CCCC(C(F)(F)F)C2)c1CO. The maximum Gasteiger partial charge on any atom is 0.393 e. The Morgan fingerprint density at radius 1 is 1.42 bits per heavy atom. The van der Waals surface area contributed by atoms with Crippen LogP contribution in [0, 0.1) is 12.8 Å². The van der Waals surface area contributed by atoms with E-state index in [1.165, 1.54) is 0 Å². The van der Waals surface area contributed by atoms with Crippen molar-refractivity contribution in [2.75, 3.05) is 18.0 Å². The lowest BCUT2D eigenvalue weighted by Crippen LogP contribution is -2.42. The number of halogens is 3.